The SMILES string of the molecule is C=CCC(CC=C)(CC=C)c1ccc(-c2c3nc(c(-c4c(C)cc(C)cc4C)c4nc(c(-c5ccc(C(CC=C)(CC=C)CC=C)cc5)c5ccc([nH]5)c(-c5c(C)cc(C)cc5C)c5ccc2[nH]5)C=C4)C=C3)cc1. The monoisotopic (exact) mass is 967 g/mol. The van der Waals surface area contributed by atoms with Crippen molar-refractivity contribution in [1.82, 2.24) is 19.9 Å². The van der Waals surface area contributed by atoms with Gasteiger partial charge in [-0.15, -0.1) is 39.5 Å². The van der Waals surface area contributed by atoms with Gasteiger partial charge in [0.1, 0.15) is 0 Å². The van der Waals surface area contributed by atoms with Crippen molar-refractivity contribution in [3.8, 4) is 44.5 Å². The fraction of sp³-hybridized carbons (Fsp3) is 0.200. The molecular formula is C70H70N4. The predicted octanol–water partition coefficient (Wildman–Crippen LogP) is 19.1. The van der Waals surface area contributed by atoms with Gasteiger partial charge in [0.15, 0.2) is 0 Å². The lowest BCUT2D eigenvalue weighted by Gasteiger charge is -2.32. The van der Waals surface area contributed by atoms with Gasteiger partial charge in [-0.2, -0.15) is 0 Å². The van der Waals surface area contributed by atoms with Crippen LogP contribution in [0, 0.1) is 41.5 Å². The van der Waals surface area contributed by atoms with Crippen LogP contribution < -0.4 is 0 Å². The molecule has 0 unspecified atom stereocenters. The minimum atomic E-state index is -0.184. The van der Waals surface area contributed by atoms with E-state index < -0.39 is 0 Å². The third kappa shape index (κ3) is 9.42. The predicted molar refractivity (Wildman–Crippen MR) is 321 cm³/mol. The van der Waals surface area contributed by atoms with Crippen molar-refractivity contribution >= 4 is 46.4 Å². The van der Waals surface area contributed by atoms with Crippen molar-refractivity contribution in [2.24, 2.45) is 0 Å². The molecular weight excluding hydrogens is 897 g/mol. The summed E-state index contributed by atoms with van der Waals surface area (Å²) in [6.45, 7) is 38.1. The van der Waals surface area contributed by atoms with Crippen LogP contribution in [0.2, 0.25) is 0 Å². The van der Waals surface area contributed by atoms with E-state index in [1.54, 1.807) is 0 Å². The van der Waals surface area contributed by atoms with Crippen LogP contribution in [0.4, 0.5) is 0 Å². The van der Waals surface area contributed by atoms with Crippen molar-refractivity contribution in [2.45, 2.75) is 90.9 Å². The lowest BCUT2D eigenvalue weighted by atomic mass is 9.72. The summed E-state index contributed by atoms with van der Waals surface area (Å²) >= 11 is 0. The first kappa shape index (κ1) is 50.8. The third-order valence-electron chi connectivity index (χ3n) is 15.4. The average molecular weight is 967 g/mol. The Morgan fingerprint density at radius 1 is 0.351 bits per heavy atom. The van der Waals surface area contributed by atoms with E-state index in [-0.39, 0.29) is 10.8 Å². The molecule has 2 aliphatic rings. The van der Waals surface area contributed by atoms with Crippen LogP contribution in [0.3, 0.4) is 0 Å². The van der Waals surface area contributed by atoms with Crippen molar-refractivity contribution in [3.05, 3.63) is 240 Å². The second-order valence-corrected chi connectivity index (χ2v) is 20.7. The summed E-state index contributed by atoms with van der Waals surface area (Å²) in [4.78, 5) is 19.3. The molecule has 2 aliphatic heterocycles. The van der Waals surface area contributed by atoms with E-state index in [4.69, 9.17) is 9.97 Å². The second kappa shape index (κ2) is 21.2. The molecule has 0 saturated heterocycles. The van der Waals surface area contributed by atoms with E-state index >= 15 is 0 Å². The molecule has 0 spiro atoms. The Balaban J connectivity index is 1.42. The van der Waals surface area contributed by atoms with Gasteiger partial charge in [-0.25, -0.2) is 9.97 Å². The average Bonchev–Trinajstić information content (AvgIpc) is 4.22. The Morgan fingerprint density at radius 2 is 0.622 bits per heavy atom. The zero-order valence-corrected chi connectivity index (χ0v) is 44.4. The van der Waals surface area contributed by atoms with E-state index in [0.717, 1.165) is 122 Å². The van der Waals surface area contributed by atoms with Crippen LogP contribution in [-0.2, 0) is 10.8 Å². The molecule has 8 bridgehead atoms. The molecule has 9 rings (SSSR count). The molecule has 0 fully saturated rings. The summed E-state index contributed by atoms with van der Waals surface area (Å²) in [6, 6.07) is 36.1. The Hall–Kier alpha value is -8.08. The molecule has 4 aromatic carbocycles. The lowest BCUT2D eigenvalue weighted by molar-refractivity contribution is 0.442. The standard InChI is InChI=1S/C70H70N4/c1-13-35-69(36-14-2,37-15-3)53-23-19-51(20-24-53)65-55-27-31-59(71-55)67(63-47(9)41-45(7)42-48(63)10)61-33-29-57(73-61)66(52-21-25-54(26-22-52)70(38-16-4,39-17-5)40-18-6)58-30-34-62(74-58)68(60-32-28-56(65)72-60)64-49(11)43-46(8)44-50(64)12/h13-34,41-44,71,73H,1-6,35-40H2,7-12H3. The summed E-state index contributed by atoms with van der Waals surface area (Å²) in [5.74, 6) is 0. The lowest BCUT2D eigenvalue weighted by Crippen LogP contribution is -2.24. The first-order chi connectivity index (χ1) is 35.8. The molecule has 0 aliphatic carbocycles. The number of nitrogens with one attached hydrogen (secondary N) is 2. The highest BCUT2D eigenvalue weighted by atomic mass is 14.8. The zero-order chi connectivity index (χ0) is 52.3. The van der Waals surface area contributed by atoms with Crippen LogP contribution in [0.25, 0.3) is 90.9 Å². The summed E-state index contributed by atoms with van der Waals surface area (Å²) < 4.78 is 0. The maximum atomic E-state index is 5.65. The van der Waals surface area contributed by atoms with E-state index in [9.17, 15) is 0 Å². The molecule has 4 nitrogen and oxygen atoms in total. The van der Waals surface area contributed by atoms with Gasteiger partial charge in [-0.3, -0.25) is 0 Å². The van der Waals surface area contributed by atoms with Crippen LogP contribution in [-0.4, -0.2) is 19.9 Å². The first-order valence-electron chi connectivity index (χ1n) is 26.0. The second-order valence-electron chi connectivity index (χ2n) is 20.7. The fourth-order valence-corrected chi connectivity index (χ4v) is 12.3. The summed E-state index contributed by atoms with van der Waals surface area (Å²) in [6.07, 6.45) is 25.7. The maximum absolute atomic E-state index is 5.65. The Labute approximate surface area is 439 Å². The number of allylic oxidation sites excluding steroid dienone is 6. The van der Waals surface area contributed by atoms with Crippen molar-refractivity contribution in [3.63, 3.8) is 0 Å². The fourth-order valence-electron chi connectivity index (χ4n) is 12.3. The summed E-state index contributed by atoms with van der Waals surface area (Å²) in [7, 11) is 0. The Bertz CT molecular complexity index is 3340. The van der Waals surface area contributed by atoms with Gasteiger partial charge < -0.3 is 9.97 Å². The number of hydrogen-bond acceptors (Lipinski definition) is 2. The van der Waals surface area contributed by atoms with E-state index in [1.807, 2.05) is 36.5 Å². The molecule has 74 heavy (non-hydrogen) atoms. The third-order valence-corrected chi connectivity index (χ3v) is 15.4. The van der Waals surface area contributed by atoms with Crippen LogP contribution in [0.5, 0.6) is 0 Å². The van der Waals surface area contributed by atoms with Gasteiger partial charge in [-0.1, -0.05) is 120 Å². The number of rotatable bonds is 18. The molecule has 5 heterocycles. The minimum Gasteiger partial charge on any atom is -0.354 e. The number of nitrogens with zero attached hydrogens (tertiary/aromatic N) is 2. The van der Waals surface area contributed by atoms with Crippen molar-refractivity contribution in [1.29, 1.82) is 0 Å². The summed E-state index contributed by atoms with van der Waals surface area (Å²) in [5, 5.41) is 0. The van der Waals surface area contributed by atoms with Crippen LogP contribution in [0.15, 0.2) is 173 Å². The highest BCUT2D eigenvalue weighted by Crippen LogP contribution is 2.44. The number of H-pyrrole nitrogens is 2. The normalized spacial score (nSPS) is 12.2. The number of aromatic amines is 2. The smallest absolute Gasteiger partial charge is 0.0738 e. The van der Waals surface area contributed by atoms with Crippen LogP contribution in [0.1, 0.15) is 106 Å². The Morgan fingerprint density at radius 3 is 0.919 bits per heavy atom. The van der Waals surface area contributed by atoms with Crippen molar-refractivity contribution in [2.75, 3.05) is 0 Å². The number of hydrogen-bond donors (Lipinski definition) is 2. The topological polar surface area (TPSA) is 57.4 Å². The molecule has 0 saturated carbocycles. The largest absolute Gasteiger partial charge is 0.354 e. The minimum absolute atomic E-state index is 0.184. The van der Waals surface area contributed by atoms with E-state index in [1.165, 1.54) is 50.1 Å². The van der Waals surface area contributed by atoms with Crippen LogP contribution >= 0.6 is 0 Å². The molecule has 0 atom stereocenters. The first-order valence-corrected chi connectivity index (χ1v) is 26.0. The quantitative estimate of drug-likeness (QED) is 0.0842. The number of benzene rings is 4. The highest BCUT2D eigenvalue weighted by Gasteiger charge is 2.30. The number of aromatic nitrogens is 4. The van der Waals surface area contributed by atoms with Gasteiger partial charge in [0.2, 0.25) is 0 Å². The Kier molecular flexibility index (Phi) is 14.5. The number of fused-ring (bicyclic) bond motifs is 8. The van der Waals surface area contributed by atoms with Gasteiger partial charge >= 0.3 is 0 Å². The van der Waals surface area contributed by atoms with E-state index in [0.29, 0.717) is 0 Å². The van der Waals surface area contributed by atoms with E-state index in [2.05, 4.69) is 212 Å². The van der Waals surface area contributed by atoms with Crippen molar-refractivity contribution < 1.29 is 0 Å². The molecule has 2 N–H and O–H groups in total. The van der Waals surface area contributed by atoms with Gasteiger partial charge in [0.05, 0.1) is 22.8 Å². The zero-order valence-electron chi connectivity index (χ0n) is 44.4. The van der Waals surface area contributed by atoms with Gasteiger partial charge in [0.25, 0.3) is 0 Å². The number of aryl methyl sites for hydroxylation is 6. The molecule has 3 aromatic heterocycles. The molecule has 0 radical (unpaired) electrons. The highest BCUT2D eigenvalue weighted by molar-refractivity contribution is 6.01. The molecule has 370 valence electrons. The molecule has 0 amide bonds. The van der Waals surface area contributed by atoms with Gasteiger partial charge in [0, 0.05) is 55.2 Å². The maximum Gasteiger partial charge on any atom is 0.0738 e. The van der Waals surface area contributed by atoms with Gasteiger partial charge in [-0.05, 0) is 184 Å². The molecule has 7 aromatic rings. The molecule has 4 heteroatoms. The summed E-state index contributed by atoms with van der Waals surface area (Å²) in [5.41, 5.74) is 25.3.